The fourth-order valence-electron chi connectivity index (χ4n) is 3.96. The van der Waals surface area contributed by atoms with Gasteiger partial charge in [0, 0.05) is 22.2 Å². The highest BCUT2D eigenvalue weighted by Gasteiger charge is 2.13. The van der Waals surface area contributed by atoms with E-state index in [9.17, 15) is 14.9 Å². The quantitative estimate of drug-likeness (QED) is 0.131. The third-order valence-corrected chi connectivity index (χ3v) is 6.90. The van der Waals surface area contributed by atoms with Gasteiger partial charge in [0.15, 0.2) is 11.5 Å². The van der Waals surface area contributed by atoms with Crippen molar-refractivity contribution in [3.05, 3.63) is 111 Å². The largest absolute Gasteiger partial charge is 0.490 e. The topological polar surface area (TPSA) is 103 Å². The highest BCUT2D eigenvalue weighted by atomic mass is 32.1. The molecule has 0 fully saturated rings. The Morgan fingerprint density at radius 3 is 2.61 bits per heavy atom. The number of non-ortho nitro benzene ring substituents is 1. The molecule has 1 heterocycles. The molecule has 4 aromatic carbocycles. The number of carbonyl (C=O) groups excluding carboxylic acids is 1. The van der Waals surface area contributed by atoms with Crippen LogP contribution in [0.2, 0.25) is 0 Å². The lowest BCUT2D eigenvalue weighted by atomic mass is 10.1. The first-order chi connectivity index (χ1) is 18.5. The van der Waals surface area contributed by atoms with E-state index in [4.69, 9.17) is 9.47 Å². The summed E-state index contributed by atoms with van der Waals surface area (Å²) in [7, 11) is 0. The molecule has 190 valence electrons. The van der Waals surface area contributed by atoms with Crippen LogP contribution in [0.1, 0.15) is 27.7 Å². The van der Waals surface area contributed by atoms with Crippen LogP contribution >= 0.6 is 11.3 Å². The zero-order valence-corrected chi connectivity index (χ0v) is 21.2. The molecule has 0 aliphatic carbocycles. The van der Waals surface area contributed by atoms with Gasteiger partial charge >= 0.3 is 0 Å². The fourth-order valence-corrected chi connectivity index (χ4v) is 4.89. The van der Waals surface area contributed by atoms with Crippen molar-refractivity contribution in [1.29, 1.82) is 0 Å². The number of hydrogen-bond donors (Lipinski definition) is 1. The predicted molar refractivity (Wildman–Crippen MR) is 149 cm³/mol. The van der Waals surface area contributed by atoms with Crippen molar-refractivity contribution in [2.24, 2.45) is 5.10 Å². The van der Waals surface area contributed by atoms with Crippen LogP contribution in [0, 0.1) is 10.1 Å². The number of hydrazone groups is 1. The number of amides is 1. The number of benzene rings is 4. The Balaban J connectivity index is 1.25. The van der Waals surface area contributed by atoms with Gasteiger partial charge in [-0.05, 0) is 65.2 Å². The number of nitrogens with one attached hydrogen (secondary N) is 1. The summed E-state index contributed by atoms with van der Waals surface area (Å²) in [6.07, 6.45) is 1.52. The van der Waals surface area contributed by atoms with Gasteiger partial charge in [0.1, 0.15) is 6.61 Å². The second-order valence-electron chi connectivity index (χ2n) is 8.40. The molecule has 38 heavy (non-hydrogen) atoms. The minimum Gasteiger partial charge on any atom is -0.490 e. The van der Waals surface area contributed by atoms with Crippen LogP contribution in [0.3, 0.4) is 0 Å². The standard InChI is InChI=1S/C29H23N3O5S/c1-2-36-26-14-19(8-11-25(26)37-18-20-7-9-21-5-3-4-6-22(21)13-20)17-30-31-29(33)28-16-23-15-24(32(34)35)10-12-27(23)38-28/h3-17H,2,18H2,1H3,(H,31,33)/b30-17-. The number of rotatable bonds is 9. The second-order valence-corrected chi connectivity index (χ2v) is 9.48. The number of hydrogen-bond acceptors (Lipinski definition) is 7. The van der Waals surface area contributed by atoms with Gasteiger partial charge in [-0.1, -0.05) is 36.4 Å². The SMILES string of the molecule is CCOc1cc(/C=N\NC(=O)c2cc3cc([N+](=O)[O-])ccc3s2)ccc1OCc1ccc2ccccc2c1. The molecule has 0 atom stereocenters. The number of fused-ring (bicyclic) bond motifs is 2. The Kier molecular flexibility index (Phi) is 7.28. The molecule has 0 bridgehead atoms. The monoisotopic (exact) mass is 525 g/mol. The van der Waals surface area contributed by atoms with Crippen LogP contribution in [-0.2, 0) is 6.61 Å². The lowest BCUT2D eigenvalue weighted by Gasteiger charge is -2.13. The van der Waals surface area contributed by atoms with Gasteiger partial charge in [0.05, 0.1) is 22.6 Å². The Morgan fingerprint density at radius 2 is 1.79 bits per heavy atom. The summed E-state index contributed by atoms with van der Waals surface area (Å²) in [6.45, 7) is 2.76. The van der Waals surface area contributed by atoms with Gasteiger partial charge < -0.3 is 9.47 Å². The van der Waals surface area contributed by atoms with Crippen molar-refractivity contribution >= 4 is 50.0 Å². The molecular formula is C29H23N3O5S. The van der Waals surface area contributed by atoms with E-state index < -0.39 is 10.8 Å². The van der Waals surface area contributed by atoms with Gasteiger partial charge in [-0.2, -0.15) is 5.10 Å². The first-order valence-corrected chi connectivity index (χ1v) is 12.7. The number of thiophene rings is 1. The molecule has 1 amide bonds. The van der Waals surface area contributed by atoms with Gasteiger partial charge in [-0.25, -0.2) is 5.43 Å². The smallest absolute Gasteiger partial charge is 0.281 e. The molecule has 0 aliphatic heterocycles. The Morgan fingerprint density at radius 1 is 0.947 bits per heavy atom. The molecular weight excluding hydrogens is 502 g/mol. The molecule has 0 unspecified atom stereocenters. The summed E-state index contributed by atoms with van der Waals surface area (Å²) >= 11 is 1.24. The number of nitro groups is 1. The maximum Gasteiger partial charge on any atom is 0.281 e. The first-order valence-electron chi connectivity index (χ1n) is 11.9. The van der Waals surface area contributed by atoms with Crippen LogP contribution in [0.4, 0.5) is 5.69 Å². The Labute approximate surface area is 222 Å². The number of ether oxygens (including phenoxy) is 2. The maximum absolute atomic E-state index is 12.6. The van der Waals surface area contributed by atoms with E-state index >= 15 is 0 Å². The molecule has 5 aromatic rings. The maximum atomic E-state index is 12.6. The highest BCUT2D eigenvalue weighted by Crippen LogP contribution is 2.30. The molecule has 0 spiro atoms. The van der Waals surface area contributed by atoms with Gasteiger partial charge in [0.2, 0.25) is 0 Å². The van der Waals surface area contributed by atoms with Crippen molar-refractivity contribution in [2.45, 2.75) is 13.5 Å². The summed E-state index contributed by atoms with van der Waals surface area (Å²) in [4.78, 5) is 23.5. The van der Waals surface area contributed by atoms with Gasteiger partial charge in [-0.3, -0.25) is 14.9 Å². The molecule has 0 saturated heterocycles. The van der Waals surface area contributed by atoms with Gasteiger partial charge in [0.25, 0.3) is 11.6 Å². The van der Waals surface area contributed by atoms with Crippen LogP contribution in [0.15, 0.2) is 90.0 Å². The predicted octanol–water partition coefficient (Wildman–Crippen LogP) is 6.70. The van der Waals surface area contributed by atoms with E-state index in [2.05, 4.69) is 34.8 Å². The van der Waals surface area contributed by atoms with Gasteiger partial charge in [-0.15, -0.1) is 11.3 Å². The van der Waals surface area contributed by atoms with Crippen molar-refractivity contribution in [3.8, 4) is 11.5 Å². The third kappa shape index (κ3) is 5.63. The number of nitrogens with zero attached hydrogens (tertiary/aromatic N) is 2. The van der Waals surface area contributed by atoms with Crippen molar-refractivity contribution in [3.63, 3.8) is 0 Å². The molecule has 8 nitrogen and oxygen atoms in total. The second kappa shape index (κ2) is 11.1. The molecule has 0 aliphatic rings. The molecule has 1 N–H and O–H groups in total. The van der Waals surface area contributed by atoms with E-state index in [0.29, 0.717) is 35.0 Å². The zero-order chi connectivity index (χ0) is 26.5. The van der Waals surface area contributed by atoms with Crippen LogP contribution in [-0.4, -0.2) is 23.7 Å². The molecule has 1 aromatic heterocycles. The average molecular weight is 526 g/mol. The van der Waals surface area contributed by atoms with Crippen molar-refractivity contribution in [2.75, 3.05) is 6.61 Å². The van der Waals surface area contributed by atoms with E-state index in [1.54, 1.807) is 18.2 Å². The molecule has 9 heteroatoms. The molecule has 5 rings (SSSR count). The summed E-state index contributed by atoms with van der Waals surface area (Å²) in [6, 6.07) is 26.0. The van der Waals surface area contributed by atoms with E-state index in [1.165, 1.54) is 35.1 Å². The van der Waals surface area contributed by atoms with E-state index in [0.717, 1.165) is 21.2 Å². The average Bonchev–Trinajstić information content (AvgIpc) is 3.36. The highest BCUT2D eigenvalue weighted by molar-refractivity contribution is 7.20. The van der Waals surface area contributed by atoms with Crippen molar-refractivity contribution < 1.29 is 19.2 Å². The number of carbonyl (C=O) groups is 1. The lowest BCUT2D eigenvalue weighted by molar-refractivity contribution is -0.384. The summed E-state index contributed by atoms with van der Waals surface area (Å²) in [5.41, 5.74) is 4.26. The van der Waals surface area contributed by atoms with Crippen LogP contribution in [0.25, 0.3) is 20.9 Å². The van der Waals surface area contributed by atoms with Crippen LogP contribution < -0.4 is 14.9 Å². The number of nitro benzene ring substituents is 1. The Hall–Kier alpha value is -4.76. The zero-order valence-electron chi connectivity index (χ0n) is 20.4. The summed E-state index contributed by atoms with van der Waals surface area (Å²) in [5, 5.41) is 18.0. The molecule has 0 radical (unpaired) electrons. The van der Waals surface area contributed by atoms with E-state index in [1.807, 2.05) is 37.3 Å². The first kappa shape index (κ1) is 24.9. The minimum atomic E-state index is -0.461. The summed E-state index contributed by atoms with van der Waals surface area (Å²) in [5.74, 6) is 0.792. The normalized spacial score (nSPS) is 11.2. The third-order valence-electron chi connectivity index (χ3n) is 5.79. The summed E-state index contributed by atoms with van der Waals surface area (Å²) < 4.78 is 12.6. The fraction of sp³-hybridized carbons (Fsp3) is 0.103. The van der Waals surface area contributed by atoms with Crippen molar-refractivity contribution in [1.82, 2.24) is 5.43 Å². The molecule has 0 saturated carbocycles. The minimum absolute atomic E-state index is 0.0185. The lowest BCUT2D eigenvalue weighted by Crippen LogP contribution is -2.16. The van der Waals surface area contributed by atoms with E-state index in [-0.39, 0.29) is 5.69 Å². The Bertz CT molecular complexity index is 1680. The van der Waals surface area contributed by atoms with Crippen LogP contribution in [0.5, 0.6) is 11.5 Å².